The Labute approximate surface area is 161 Å². The van der Waals surface area contributed by atoms with Gasteiger partial charge in [0.1, 0.15) is 12.3 Å². The number of hydrogen-bond acceptors (Lipinski definition) is 4. The standard InChI is InChI=1S/C20H18ClN3O3/c1-13(25)24(17-7-3-5-14-6-4-10-22-20(14)17)12-19(26)23-15-8-9-18(27-2)16(21)11-15/h3-11H,12H2,1-2H3,(H,23,26). The summed E-state index contributed by atoms with van der Waals surface area (Å²) in [4.78, 5) is 30.4. The first-order chi connectivity index (χ1) is 13.0. The highest BCUT2D eigenvalue weighted by Crippen LogP contribution is 2.28. The van der Waals surface area contributed by atoms with Gasteiger partial charge in [-0.2, -0.15) is 0 Å². The first kappa shape index (κ1) is 18.7. The van der Waals surface area contributed by atoms with E-state index in [0.717, 1.165) is 5.39 Å². The number of nitrogens with zero attached hydrogens (tertiary/aromatic N) is 2. The Morgan fingerprint density at radius 3 is 2.67 bits per heavy atom. The topological polar surface area (TPSA) is 71.5 Å². The van der Waals surface area contributed by atoms with E-state index in [1.807, 2.05) is 24.3 Å². The minimum atomic E-state index is -0.348. The van der Waals surface area contributed by atoms with Crippen molar-refractivity contribution < 1.29 is 14.3 Å². The molecule has 1 N–H and O–H groups in total. The number of hydrogen-bond donors (Lipinski definition) is 1. The second-order valence-electron chi connectivity index (χ2n) is 5.85. The van der Waals surface area contributed by atoms with Crippen molar-refractivity contribution in [1.29, 1.82) is 0 Å². The lowest BCUT2D eigenvalue weighted by molar-refractivity contribution is -0.120. The highest BCUT2D eigenvalue weighted by Gasteiger charge is 2.19. The zero-order valence-corrected chi connectivity index (χ0v) is 15.7. The fourth-order valence-corrected chi connectivity index (χ4v) is 3.02. The monoisotopic (exact) mass is 383 g/mol. The number of ether oxygens (including phenoxy) is 1. The van der Waals surface area contributed by atoms with Crippen LogP contribution < -0.4 is 15.0 Å². The molecule has 1 heterocycles. The summed E-state index contributed by atoms with van der Waals surface area (Å²) in [6.45, 7) is 1.27. The highest BCUT2D eigenvalue weighted by atomic mass is 35.5. The van der Waals surface area contributed by atoms with Gasteiger partial charge in [0.25, 0.3) is 0 Å². The van der Waals surface area contributed by atoms with E-state index in [0.29, 0.717) is 27.7 Å². The quantitative estimate of drug-likeness (QED) is 0.725. The van der Waals surface area contributed by atoms with Gasteiger partial charge in [0.05, 0.1) is 23.3 Å². The van der Waals surface area contributed by atoms with Gasteiger partial charge in [-0.1, -0.05) is 29.8 Å². The number of fused-ring (bicyclic) bond motifs is 1. The molecule has 0 saturated carbocycles. The molecular weight excluding hydrogens is 366 g/mol. The summed E-state index contributed by atoms with van der Waals surface area (Å²) < 4.78 is 5.10. The van der Waals surface area contributed by atoms with Gasteiger partial charge in [-0.3, -0.25) is 14.6 Å². The van der Waals surface area contributed by atoms with Gasteiger partial charge < -0.3 is 15.0 Å². The van der Waals surface area contributed by atoms with Crippen molar-refractivity contribution in [2.24, 2.45) is 0 Å². The van der Waals surface area contributed by atoms with Crippen LogP contribution in [0.4, 0.5) is 11.4 Å². The highest BCUT2D eigenvalue weighted by molar-refractivity contribution is 6.32. The smallest absolute Gasteiger partial charge is 0.244 e. The maximum Gasteiger partial charge on any atom is 0.244 e. The Bertz CT molecular complexity index is 1000. The molecule has 6 nitrogen and oxygen atoms in total. The molecule has 1 aromatic heterocycles. The molecule has 0 saturated heterocycles. The second-order valence-corrected chi connectivity index (χ2v) is 6.26. The zero-order valence-electron chi connectivity index (χ0n) is 14.9. The van der Waals surface area contributed by atoms with Gasteiger partial charge in [0.2, 0.25) is 11.8 Å². The molecule has 7 heteroatoms. The predicted octanol–water partition coefficient (Wildman–Crippen LogP) is 3.89. The Hall–Kier alpha value is -3.12. The summed E-state index contributed by atoms with van der Waals surface area (Å²) in [5.74, 6) is -0.0858. The van der Waals surface area contributed by atoms with E-state index in [1.165, 1.54) is 18.9 Å². The summed E-state index contributed by atoms with van der Waals surface area (Å²) in [6.07, 6.45) is 1.66. The summed E-state index contributed by atoms with van der Waals surface area (Å²) in [7, 11) is 1.52. The third-order valence-corrected chi connectivity index (χ3v) is 4.31. The molecule has 0 aliphatic carbocycles. The summed E-state index contributed by atoms with van der Waals surface area (Å²) in [5.41, 5.74) is 1.77. The van der Waals surface area contributed by atoms with Gasteiger partial charge in [-0.25, -0.2) is 0 Å². The van der Waals surface area contributed by atoms with Crippen molar-refractivity contribution in [2.75, 3.05) is 23.9 Å². The largest absolute Gasteiger partial charge is 0.495 e. The third-order valence-electron chi connectivity index (χ3n) is 4.02. The van der Waals surface area contributed by atoms with Crippen molar-refractivity contribution in [3.05, 3.63) is 59.8 Å². The Balaban J connectivity index is 1.83. The molecule has 0 spiro atoms. The first-order valence-corrected chi connectivity index (χ1v) is 8.62. The lowest BCUT2D eigenvalue weighted by Crippen LogP contribution is -2.36. The minimum Gasteiger partial charge on any atom is -0.495 e. The number of rotatable bonds is 5. The van der Waals surface area contributed by atoms with Crippen molar-refractivity contribution in [3.8, 4) is 5.75 Å². The molecule has 0 unspecified atom stereocenters. The number of aromatic nitrogens is 1. The van der Waals surface area contributed by atoms with Crippen LogP contribution in [0.2, 0.25) is 5.02 Å². The number of nitrogens with one attached hydrogen (secondary N) is 1. The van der Waals surface area contributed by atoms with E-state index >= 15 is 0 Å². The number of methoxy groups -OCH3 is 1. The zero-order chi connectivity index (χ0) is 19.4. The van der Waals surface area contributed by atoms with E-state index in [4.69, 9.17) is 16.3 Å². The average Bonchev–Trinajstić information content (AvgIpc) is 2.66. The van der Waals surface area contributed by atoms with Crippen LogP contribution in [0.1, 0.15) is 6.92 Å². The maximum absolute atomic E-state index is 12.5. The van der Waals surface area contributed by atoms with Crippen molar-refractivity contribution >= 4 is 45.7 Å². The number of benzene rings is 2. The molecule has 0 atom stereocenters. The molecule has 0 radical (unpaired) electrons. The van der Waals surface area contributed by atoms with E-state index in [9.17, 15) is 9.59 Å². The van der Waals surface area contributed by atoms with Crippen molar-refractivity contribution in [3.63, 3.8) is 0 Å². The molecule has 0 aliphatic heterocycles. The predicted molar refractivity (Wildman–Crippen MR) is 106 cm³/mol. The van der Waals surface area contributed by atoms with Crippen LogP contribution in [-0.4, -0.2) is 30.5 Å². The number of pyridine rings is 1. The lowest BCUT2D eigenvalue weighted by atomic mass is 10.1. The van der Waals surface area contributed by atoms with Gasteiger partial charge in [0, 0.05) is 24.2 Å². The van der Waals surface area contributed by atoms with Crippen LogP contribution in [-0.2, 0) is 9.59 Å². The van der Waals surface area contributed by atoms with Gasteiger partial charge in [0.15, 0.2) is 0 Å². The van der Waals surface area contributed by atoms with Gasteiger partial charge >= 0.3 is 0 Å². The number of para-hydroxylation sites is 1. The van der Waals surface area contributed by atoms with Crippen LogP contribution >= 0.6 is 11.6 Å². The number of halogens is 1. The first-order valence-electron chi connectivity index (χ1n) is 8.25. The van der Waals surface area contributed by atoms with E-state index in [1.54, 1.807) is 30.5 Å². The average molecular weight is 384 g/mol. The van der Waals surface area contributed by atoms with E-state index in [-0.39, 0.29) is 18.4 Å². The number of amides is 2. The van der Waals surface area contributed by atoms with Gasteiger partial charge in [-0.05, 0) is 30.3 Å². The second kappa shape index (κ2) is 8.05. The normalized spacial score (nSPS) is 10.5. The number of carbonyl (C=O) groups excluding carboxylic acids is 2. The van der Waals surface area contributed by atoms with Crippen LogP contribution in [0.5, 0.6) is 5.75 Å². The summed E-state index contributed by atoms with van der Waals surface area (Å²) in [5, 5.41) is 4.02. The molecule has 3 rings (SSSR count). The van der Waals surface area contributed by atoms with Crippen LogP contribution in [0.25, 0.3) is 10.9 Å². The Kier molecular flexibility index (Phi) is 5.57. The van der Waals surface area contributed by atoms with Gasteiger partial charge in [-0.15, -0.1) is 0 Å². The molecule has 0 fully saturated rings. The minimum absolute atomic E-state index is 0.144. The van der Waals surface area contributed by atoms with E-state index < -0.39 is 0 Å². The van der Waals surface area contributed by atoms with E-state index in [2.05, 4.69) is 10.3 Å². The fourth-order valence-electron chi connectivity index (χ4n) is 2.76. The number of carbonyl (C=O) groups is 2. The molecule has 0 bridgehead atoms. The lowest BCUT2D eigenvalue weighted by Gasteiger charge is -2.22. The van der Waals surface area contributed by atoms with Crippen molar-refractivity contribution in [1.82, 2.24) is 4.98 Å². The van der Waals surface area contributed by atoms with Crippen molar-refractivity contribution in [2.45, 2.75) is 6.92 Å². The Morgan fingerprint density at radius 2 is 1.96 bits per heavy atom. The molecular formula is C20H18ClN3O3. The fraction of sp³-hybridized carbons (Fsp3) is 0.150. The number of anilines is 2. The SMILES string of the molecule is COc1ccc(NC(=O)CN(C(C)=O)c2cccc3cccnc23)cc1Cl. The van der Waals surface area contributed by atoms with Crippen LogP contribution in [0, 0.1) is 0 Å². The molecule has 2 amide bonds. The Morgan fingerprint density at radius 1 is 1.19 bits per heavy atom. The van der Waals surface area contributed by atoms with Crippen LogP contribution in [0.3, 0.4) is 0 Å². The maximum atomic E-state index is 12.5. The molecule has 138 valence electrons. The molecule has 3 aromatic rings. The third kappa shape index (κ3) is 4.17. The summed E-state index contributed by atoms with van der Waals surface area (Å²) >= 11 is 6.08. The molecule has 2 aromatic carbocycles. The summed E-state index contributed by atoms with van der Waals surface area (Å²) in [6, 6.07) is 14.2. The van der Waals surface area contributed by atoms with Crippen LogP contribution in [0.15, 0.2) is 54.7 Å². The molecule has 0 aliphatic rings. The molecule has 27 heavy (non-hydrogen) atoms.